The molecule has 2 rings (SSSR count). The molecule has 0 aliphatic heterocycles. The van der Waals surface area contributed by atoms with Gasteiger partial charge in [-0.15, -0.1) is 0 Å². The molecule has 1 aliphatic carbocycles. The number of amides is 2. The lowest BCUT2D eigenvalue weighted by Crippen LogP contribution is -2.38. The molecule has 2 amide bonds. The van der Waals surface area contributed by atoms with Crippen LogP contribution in [0.5, 0.6) is 0 Å². The van der Waals surface area contributed by atoms with E-state index in [9.17, 15) is 14.4 Å². The van der Waals surface area contributed by atoms with E-state index in [1.54, 1.807) is 7.11 Å². The first-order valence-corrected chi connectivity index (χ1v) is 8.77. The predicted molar refractivity (Wildman–Crippen MR) is 94.5 cm³/mol. The Morgan fingerprint density at radius 1 is 1.00 bits per heavy atom. The molecule has 0 unspecified atom stereocenters. The van der Waals surface area contributed by atoms with Crippen molar-refractivity contribution in [2.75, 3.05) is 26.8 Å². The molecule has 0 heterocycles. The minimum Gasteiger partial charge on any atom is -0.383 e. The number of fused-ring (bicyclic) bond motifs is 1. The third-order valence-electron chi connectivity index (χ3n) is 4.32. The van der Waals surface area contributed by atoms with Crippen LogP contribution in [0.2, 0.25) is 0 Å². The first kappa shape index (κ1) is 19.1. The number of aryl methyl sites for hydroxylation is 2. The third kappa shape index (κ3) is 6.31. The molecule has 6 heteroatoms. The summed E-state index contributed by atoms with van der Waals surface area (Å²) in [6, 6.07) is 5.86. The molecule has 0 fully saturated rings. The topological polar surface area (TPSA) is 84.5 Å². The fraction of sp³-hybridized carbons (Fsp3) is 0.526. The van der Waals surface area contributed by atoms with Crippen LogP contribution in [-0.2, 0) is 27.2 Å². The average Bonchev–Trinajstić information content (AvgIpc) is 2.64. The van der Waals surface area contributed by atoms with Crippen LogP contribution in [0.25, 0.3) is 0 Å². The maximum Gasteiger partial charge on any atom is 0.239 e. The summed E-state index contributed by atoms with van der Waals surface area (Å²) in [7, 11) is 1.55. The van der Waals surface area contributed by atoms with E-state index >= 15 is 0 Å². The number of nitrogens with one attached hydrogen (secondary N) is 2. The number of hydrogen-bond acceptors (Lipinski definition) is 4. The fourth-order valence-corrected chi connectivity index (χ4v) is 2.90. The molecule has 1 aromatic rings. The van der Waals surface area contributed by atoms with Crippen molar-refractivity contribution in [2.45, 2.75) is 38.5 Å². The van der Waals surface area contributed by atoms with Gasteiger partial charge in [0.1, 0.15) is 0 Å². The summed E-state index contributed by atoms with van der Waals surface area (Å²) in [5.41, 5.74) is 3.26. The second-order valence-electron chi connectivity index (χ2n) is 6.23. The molecule has 0 aromatic heterocycles. The number of Topliss-reactive ketones (excluding diaryl/α,β-unsaturated/α-hetero) is 1. The van der Waals surface area contributed by atoms with Crippen molar-refractivity contribution in [3.8, 4) is 0 Å². The highest BCUT2D eigenvalue weighted by Gasteiger charge is 2.14. The van der Waals surface area contributed by atoms with E-state index in [2.05, 4.69) is 10.6 Å². The molecule has 1 aromatic carbocycles. The Morgan fingerprint density at radius 3 is 2.52 bits per heavy atom. The zero-order valence-electron chi connectivity index (χ0n) is 14.7. The van der Waals surface area contributed by atoms with Crippen LogP contribution in [0.3, 0.4) is 0 Å². The van der Waals surface area contributed by atoms with Crippen LogP contribution in [-0.4, -0.2) is 44.4 Å². The van der Waals surface area contributed by atoms with E-state index in [4.69, 9.17) is 4.74 Å². The lowest BCUT2D eigenvalue weighted by molar-refractivity contribution is -0.126. The molecule has 0 bridgehead atoms. The molecule has 6 nitrogen and oxygen atoms in total. The van der Waals surface area contributed by atoms with Gasteiger partial charge in [-0.05, 0) is 42.9 Å². The molecule has 0 saturated carbocycles. The van der Waals surface area contributed by atoms with Gasteiger partial charge in [0.2, 0.25) is 11.8 Å². The van der Waals surface area contributed by atoms with Crippen molar-refractivity contribution in [2.24, 2.45) is 0 Å². The smallest absolute Gasteiger partial charge is 0.239 e. The molecular formula is C19H26N2O4. The normalized spacial score (nSPS) is 13.0. The van der Waals surface area contributed by atoms with Gasteiger partial charge in [0, 0.05) is 32.1 Å². The number of ketones is 1. The van der Waals surface area contributed by atoms with Gasteiger partial charge < -0.3 is 15.4 Å². The lowest BCUT2D eigenvalue weighted by Gasteiger charge is -2.16. The quantitative estimate of drug-likeness (QED) is 0.523. The molecule has 0 spiro atoms. The molecule has 0 radical (unpaired) electrons. The highest BCUT2D eigenvalue weighted by molar-refractivity contribution is 5.98. The Labute approximate surface area is 148 Å². The van der Waals surface area contributed by atoms with Crippen molar-refractivity contribution in [1.29, 1.82) is 0 Å². The molecule has 2 N–H and O–H groups in total. The van der Waals surface area contributed by atoms with E-state index in [1.165, 1.54) is 24.0 Å². The number of hydrogen-bond donors (Lipinski definition) is 2. The third-order valence-corrected chi connectivity index (χ3v) is 4.32. The number of carbonyl (C=O) groups is 3. The number of methoxy groups -OCH3 is 1. The van der Waals surface area contributed by atoms with Crippen molar-refractivity contribution >= 4 is 17.6 Å². The SMILES string of the molecule is COCCNC(=O)CNC(=O)CCC(=O)c1ccc2c(c1)CCCC2. The molecule has 25 heavy (non-hydrogen) atoms. The second-order valence-corrected chi connectivity index (χ2v) is 6.23. The highest BCUT2D eigenvalue weighted by Crippen LogP contribution is 2.22. The maximum absolute atomic E-state index is 12.3. The summed E-state index contributed by atoms with van der Waals surface area (Å²) in [6.07, 6.45) is 4.71. The minimum absolute atomic E-state index is 0.0342. The van der Waals surface area contributed by atoms with Crippen LogP contribution >= 0.6 is 0 Å². The summed E-state index contributed by atoms with van der Waals surface area (Å²) in [6.45, 7) is 0.743. The van der Waals surface area contributed by atoms with E-state index in [0.29, 0.717) is 18.7 Å². The maximum atomic E-state index is 12.3. The highest BCUT2D eigenvalue weighted by atomic mass is 16.5. The first-order valence-electron chi connectivity index (χ1n) is 8.77. The van der Waals surface area contributed by atoms with Gasteiger partial charge in [0.15, 0.2) is 5.78 Å². The zero-order chi connectivity index (χ0) is 18.1. The van der Waals surface area contributed by atoms with Gasteiger partial charge in [-0.25, -0.2) is 0 Å². The van der Waals surface area contributed by atoms with Crippen LogP contribution in [0.4, 0.5) is 0 Å². The van der Waals surface area contributed by atoms with E-state index in [0.717, 1.165) is 12.8 Å². The second kappa shape index (κ2) is 9.93. The summed E-state index contributed by atoms with van der Waals surface area (Å²) < 4.78 is 4.82. The van der Waals surface area contributed by atoms with Gasteiger partial charge in [0.25, 0.3) is 0 Å². The van der Waals surface area contributed by atoms with Gasteiger partial charge in [0.05, 0.1) is 13.2 Å². The van der Waals surface area contributed by atoms with Gasteiger partial charge in [-0.1, -0.05) is 12.1 Å². The van der Waals surface area contributed by atoms with Gasteiger partial charge >= 0.3 is 0 Å². The standard InChI is InChI=1S/C19H26N2O4/c1-25-11-10-20-19(24)13-21-18(23)9-8-17(22)16-7-6-14-4-2-3-5-15(14)12-16/h6-7,12H,2-5,8-11,13H2,1H3,(H,20,24)(H,21,23). The van der Waals surface area contributed by atoms with E-state index < -0.39 is 0 Å². The minimum atomic E-state index is -0.298. The summed E-state index contributed by atoms with van der Waals surface area (Å²) in [5, 5.41) is 5.14. The van der Waals surface area contributed by atoms with Crippen molar-refractivity contribution in [3.05, 3.63) is 34.9 Å². The Morgan fingerprint density at radius 2 is 1.76 bits per heavy atom. The Kier molecular flexibility index (Phi) is 7.60. The van der Waals surface area contributed by atoms with Crippen LogP contribution in [0.1, 0.15) is 47.2 Å². The summed E-state index contributed by atoms with van der Waals surface area (Å²) in [5.74, 6) is -0.604. The number of rotatable bonds is 9. The monoisotopic (exact) mass is 346 g/mol. The van der Waals surface area contributed by atoms with Crippen molar-refractivity contribution < 1.29 is 19.1 Å². The van der Waals surface area contributed by atoms with E-state index in [1.807, 2.05) is 18.2 Å². The lowest BCUT2D eigenvalue weighted by atomic mass is 9.89. The van der Waals surface area contributed by atoms with Crippen LogP contribution in [0, 0.1) is 0 Å². The Bertz CT molecular complexity index is 628. The van der Waals surface area contributed by atoms with Crippen LogP contribution < -0.4 is 10.6 Å². The zero-order valence-corrected chi connectivity index (χ0v) is 14.7. The summed E-state index contributed by atoms with van der Waals surface area (Å²) in [4.78, 5) is 35.5. The predicted octanol–water partition coefficient (Wildman–Crippen LogP) is 1.41. The van der Waals surface area contributed by atoms with Crippen molar-refractivity contribution in [1.82, 2.24) is 10.6 Å². The number of ether oxygens (including phenoxy) is 1. The molecule has 0 atom stereocenters. The summed E-state index contributed by atoms with van der Waals surface area (Å²) >= 11 is 0. The molecule has 0 saturated heterocycles. The fourth-order valence-electron chi connectivity index (χ4n) is 2.90. The first-order chi connectivity index (χ1) is 12.1. The Hall–Kier alpha value is -2.21. The number of benzene rings is 1. The van der Waals surface area contributed by atoms with E-state index in [-0.39, 0.29) is 37.0 Å². The average molecular weight is 346 g/mol. The molecule has 1 aliphatic rings. The van der Waals surface area contributed by atoms with Crippen molar-refractivity contribution in [3.63, 3.8) is 0 Å². The van der Waals surface area contributed by atoms with Gasteiger partial charge in [-0.2, -0.15) is 0 Å². The Balaban J connectivity index is 1.72. The van der Waals surface area contributed by atoms with Crippen LogP contribution in [0.15, 0.2) is 18.2 Å². The largest absolute Gasteiger partial charge is 0.383 e. The molecule has 136 valence electrons. The number of carbonyl (C=O) groups excluding carboxylic acids is 3. The molecular weight excluding hydrogens is 320 g/mol. The van der Waals surface area contributed by atoms with Gasteiger partial charge in [-0.3, -0.25) is 14.4 Å².